The molecule has 1 N–H and O–H groups in total. The number of phenolic OH excluding ortho intramolecular Hbond substituents is 1. The molecule has 2 atom stereocenters. The average molecular weight is 411 g/mol. The fourth-order valence-corrected chi connectivity index (χ4v) is 6.91. The van der Waals surface area contributed by atoms with Gasteiger partial charge in [0.2, 0.25) is 0 Å². The van der Waals surface area contributed by atoms with Crippen molar-refractivity contribution in [3.8, 4) is 5.75 Å². The van der Waals surface area contributed by atoms with Crippen LogP contribution in [0.4, 0.5) is 0 Å². The van der Waals surface area contributed by atoms with E-state index in [9.17, 15) is 9.90 Å². The van der Waals surface area contributed by atoms with Crippen LogP contribution < -0.4 is 0 Å². The highest BCUT2D eigenvalue weighted by atomic mass is 32.2. The zero-order chi connectivity index (χ0) is 20.4. The molecule has 1 aliphatic rings. The molecule has 152 valence electrons. The molecule has 1 saturated carbocycles. The Bertz CT molecular complexity index is 671. The Kier molecular flexibility index (Phi) is 7.23. The minimum absolute atomic E-state index is 0.0586. The zero-order valence-corrected chi connectivity index (χ0v) is 19.4. The molecule has 1 aromatic carbocycles. The Morgan fingerprint density at radius 1 is 1.07 bits per heavy atom. The molecule has 1 aromatic rings. The molecule has 0 spiro atoms. The van der Waals surface area contributed by atoms with Gasteiger partial charge in [-0.1, -0.05) is 48.0 Å². The van der Waals surface area contributed by atoms with Crippen molar-refractivity contribution >= 4 is 29.5 Å². The Labute approximate surface area is 173 Å². The molecule has 2 rings (SSSR count). The van der Waals surface area contributed by atoms with Crippen LogP contribution in [-0.4, -0.2) is 34.4 Å². The van der Waals surface area contributed by atoms with E-state index in [-0.39, 0.29) is 16.8 Å². The van der Waals surface area contributed by atoms with Crippen LogP contribution in [0.3, 0.4) is 0 Å². The quantitative estimate of drug-likeness (QED) is 0.612. The normalized spacial score (nSPS) is 20.7. The van der Waals surface area contributed by atoms with E-state index in [1.165, 1.54) is 30.4 Å². The van der Waals surface area contributed by atoms with Crippen LogP contribution in [-0.2, 0) is 20.4 Å². The van der Waals surface area contributed by atoms with E-state index >= 15 is 0 Å². The van der Waals surface area contributed by atoms with Crippen molar-refractivity contribution in [3.05, 3.63) is 23.3 Å². The molecule has 1 aliphatic carbocycles. The Balaban J connectivity index is 2.34. The predicted molar refractivity (Wildman–Crippen MR) is 117 cm³/mol. The van der Waals surface area contributed by atoms with Crippen molar-refractivity contribution in [2.24, 2.45) is 0 Å². The number of carbonyl (C=O) groups is 1. The van der Waals surface area contributed by atoms with Gasteiger partial charge < -0.3 is 9.84 Å². The highest BCUT2D eigenvalue weighted by Crippen LogP contribution is 2.48. The van der Waals surface area contributed by atoms with Crippen molar-refractivity contribution in [3.63, 3.8) is 0 Å². The van der Waals surface area contributed by atoms with Gasteiger partial charge >= 0.3 is 5.97 Å². The fourth-order valence-electron chi connectivity index (χ4n) is 3.79. The number of benzene rings is 1. The van der Waals surface area contributed by atoms with Crippen molar-refractivity contribution in [2.75, 3.05) is 12.9 Å². The second-order valence-corrected chi connectivity index (χ2v) is 11.9. The number of thioether (sulfide) groups is 2. The molecule has 0 bridgehead atoms. The summed E-state index contributed by atoms with van der Waals surface area (Å²) < 4.78 is 4.80. The summed E-state index contributed by atoms with van der Waals surface area (Å²) in [5.41, 5.74) is 2.12. The summed E-state index contributed by atoms with van der Waals surface area (Å²) in [6.07, 6.45) is 3.51. The van der Waals surface area contributed by atoms with E-state index < -0.39 is 0 Å². The zero-order valence-electron chi connectivity index (χ0n) is 17.7. The molecule has 2 unspecified atom stereocenters. The highest BCUT2D eigenvalue weighted by molar-refractivity contribution is 8.04. The number of carbonyl (C=O) groups excluding carboxylic acids is 1. The molecule has 5 heteroatoms. The molecule has 0 aromatic heterocycles. The standard InChI is InChI=1S/C22H34O3S2/c1-21(2,3)19-14(23)11-12-17(20(19)22(4,5)6)27-16-10-8-9-15(16)26-13-18(24)25-7/h11-12,15-16,23H,8-10,13H2,1-7H3. The first-order chi connectivity index (χ1) is 12.4. The third-order valence-electron chi connectivity index (χ3n) is 4.96. The monoisotopic (exact) mass is 410 g/mol. The number of ether oxygens (including phenoxy) is 1. The van der Waals surface area contributed by atoms with Gasteiger partial charge in [-0.3, -0.25) is 4.79 Å². The second-order valence-electron chi connectivity index (χ2n) is 9.35. The summed E-state index contributed by atoms with van der Waals surface area (Å²) in [7, 11) is 1.45. The van der Waals surface area contributed by atoms with Crippen molar-refractivity contribution in [1.82, 2.24) is 0 Å². The first-order valence-corrected chi connectivity index (χ1v) is 11.6. The first kappa shape index (κ1) is 22.5. The maximum atomic E-state index is 11.5. The van der Waals surface area contributed by atoms with Crippen LogP contribution in [0.1, 0.15) is 71.9 Å². The Morgan fingerprint density at radius 2 is 1.67 bits per heavy atom. The lowest BCUT2D eigenvalue weighted by Crippen LogP contribution is -2.24. The molecule has 1 fully saturated rings. The van der Waals surface area contributed by atoms with Crippen molar-refractivity contribution in [1.29, 1.82) is 0 Å². The van der Waals surface area contributed by atoms with Gasteiger partial charge in [-0.15, -0.1) is 23.5 Å². The van der Waals surface area contributed by atoms with Crippen molar-refractivity contribution < 1.29 is 14.6 Å². The number of esters is 1. The molecule has 0 radical (unpaired) electrons. The summed E-state index contributed by atoms with van der Waals surface area (Å²) in [5, 5.41) is 11.6. The van der Waals surface area contributed by atoms with Crippen LogP contribution >= 0.6 is 23.5 Å². The number of aromatic hydroxyl groups is 1. The van der Waals surface area contributed by atoms with Crippen molar-refractivity contribution in [2.45, 2.75) is 87.0 Å². The van der Waals surface area contributed by atoms with Crippen LogP contribution in [0.15, 0.2) is 17.0 Å². The Morgan fingerprint density at radius 3 is 2.22 bits per heavy atom. The highest BCUT2D eigenvalue weighted by Gasteiger charge is 2.34. The smallest absolute Gasteiger partial charge is 0.315 e. The predicted octanol–water partition coefficient (Wildman–Crippen LogP) is 5.91. The average Bonchev–Trinajstić information content (AvgIpc) is 2.98. The third-order valence-corrected chi connectivity index (χ3v) is 7.99. The van der Waals surface area contributed by atoms with Gasteiger partial charge in [0.1, 0.15) is 5.75 Å². The molecule has 3 nitrogen and oxygen atoms in total. The van der Waals surface area contributed by atoms with E-state index in [1.807, 2.05) is 17.8 Å². The summed E-state index contributed by atoms with van der Waals surface area (Å²) >= 11 is 3.65. The lowest BCUT2D eigenvalue weighted by atomic mass is 9.75. The Hall–Kier alpha value is -0.810. The second kappa shape index (κ2) is 8.69. The van der Waals surface area contributed by atoms with E-state index in [1.54, 1.807) is 11.8 Å². The summed E-state index contributed by atoms with van der Waals surface area (Å²) in [6, 6.07) is 3.93. The number of hydrogen-bond acceptors (Lipinski definition) is 5. The van der Waals surface area contributed by atoms with E-state index in [0.717, 1.165) is 12.0 Å². The maximum Gasteiger partial charge on any atom is 0.315 e. The van der Waals surface area contributed by atoms with Gasteiger partial charge in [0.25, 0.3) is 0 Å². The number of phenols is 1. The summed E-state index contributed by atoms with van der Waals surface area (Å²) in [5.74, 6) is 0.665. The van der Waals surface area contributed by atoms with E-state index in [2.05, 4.69) is 47.6 Å². The summed E-state index contributed by atoms with van der Waals surface area (Å²) in [4.78, 5) is 12.8. The third kappa shape index (κ3) is 5.60. The first-order valence-electron chi connectivity index (χ1n) is 9.67. The van der Waals surface area contributed by atoms with Crippen LogP contribution in [0.2, 0.25) is 0 Å². The van der Waals surface area contributed by atoms with Crippen LogP contribution in [0.5, 0.6) is 5.75 Å². The topological polar surface area (TPSA) is 46.5 Å². The SMILES string of the molecule is COC(=O)CSC1CCCC1Sc1ccc(O)c(C(C)(C)C)c1C(C)(C)C. The number of methoxy groups -OCH3 is 1. The fraction of sp³-hybridized carbons (Fsp3) is 0.682. The lowest BCUT2D eigenvalue weighted by Gasteiger charge is -2.33. The van der Waals surface area contributed by atoms with Gasteiger partial charge in [0.05, 0.1) is 12.9 Å². The van der Waals surface area contributed by atoms with Gasteiger partial charge in [-0.25, -0.2) is 0 Å². The molecular formula is C22H34O3S2. The van der Waals surface area contributed by atoms with Gasteiger partial charge in [-0.2, -0.15) is 0 Å². The van der Waals surface area contributed by atoms with E-state index in [4.69, 9.17) is 4.74 Å². The van der Waals surface area contributed by atoms with Crippen LogP contribution in [0.25, 0.3) is 0 Å². The van der Waals surface area contributed by atoms with Crippen LogP contribution in [0, 0.1) is 0 Å². The van der Waals surface area contributed by atoms with Gasteiger partial charge in [0, 0.05) is 21.0 Å². The minimum atomic E-state index is -0.148. The largest absolute Gasteiger partial charge is 0.508 e. The molecule has 0 heterocycles. The molecule has 0 saturated heterocycles. The summed E-state index contributed by atoms with van der Waals surface area (Å²) in [6.45, 7) is 13.2. The molecular weight excluding hydrogens is 376 g/mol. The minimum Gasteiger partial charge on any atom is -0.508 e. The van der Waals surface area contributed by atoms with E-state index in [0.29, 0.717) is 22.0 Å². The molecule has 0 aliphatic heterocycles. The van der Waals surface area contributed by atoms with Gasteiger partial charge in [-0.05, 0) is 41.4 Å². The lowest BCUT2D eigenvalue weighted by molar-refractivity contribution is -0.137. The van der Waals surface area contributed by atoms with Gasteiger partial charge in [0.15, 0.2) is 0 Å². The molecule has 0 amide bonds. The number of rotatable bonds is 5. The maximum absolute atomic E-state index is 11.5. The number of hydrogen-bond donors (Lipinski definition) is 1. The molecule has 27 heavy (non-hydrogen) atoms.